The lowest BCUT2D eigenvalue weighted by Crippen LogP contribution is -2.28. The molecule has 0 heterocycles. The van der Waals surface area contributed by atoms with Gasteiger partial charge in [-0.1, -0.05) is 0 Å². The van der Waals surface area contributed by atoms with Crippen LogP contribution in [-0.4, -0.2) is 37.8 Å². The number of hydrogen-bond donors (Lipinski definition) is 5. The van der Waals surface area contributed by atoms with Crippen molar-refractivity contribution >= 4 is 0 Å². The number of aliphatic hydroxyl groups excluding tert-OH is 1. The summed E-state index contributed by atoms with van der Waals surface area (Å²) in [4.78, 5) is 0. The van der Waals surface area contributed by atoms with E-state index >= 15 is 0 Å². The number of hydrogen-bond acceptors (Lipinski definition) is 5. The molecule has 0 aliphatic carbocycles. The van der Waals surface area contributed by atoms with Crippen LogP contribution in [0, 0.1) is 0 Å². The Bertz CT molecular complexity index is 73.5. The standard InChI is InChI=1S/C4H10O5/c5-3(6)1-2-4(7,8)9/h3,5-9H,1-2H2. The first-order valence-electron chi connectivity index (χ1n) is 2.45. The molecule has 5 N–H and O–H groups in total. The van der Waals surface area contributed by atoms with Gasteiger partial charge in [0.05, 0.1) is 0 Å². The molecule has 9 heavy (non-hydrogen) atoms. The van der Waals surface area contributed by atoms with Crippen LogP contribution in [-0.2, 0) is 0 Å². The lowest BCUT2D eigenvalue weighted by molar-refractivity contribution is -0.318. The molecule has 0 radical (unpaired) electrons. The Balaban J connectivity index is 3.28. The van der Waals surface area contributed by atoms with Crippen molar-refractivity contribution in [1.29, 1.82) is 0 Å². The van der Waals surface area contributed by atoms with E-state index in [1.165, 1.54) is 0 Å². The van der Waals surface area contributed by atoms with Crippen LogP contribution in [0.25, 0.3) is 0 Å². The van der Waals surface area contributed by atoms with Crippen LogP contribution in [0.15, 0.2) is 0 Å². The van der Waals surface area contributed by atoms with Gasteiger partial charge in [-0.05, 0) is 0 Å². The van der Waals surface area contributed by atoms with E-state index in [-0.39, 0.29) is 6.42 Å². The van der Waals surface area contributed by atoms with E-state index in [0.717, 1.165) is 0 Å². The van der Waals surface area contributed by atoms with E-state index in [2.05, 4.69) is 0 Å². The van der Waals surface area contributed by atoms with E-state index in [1.54, 1.807) is 0 Å². The summed E-state index contributed by atoms with van der Waals surface area (Å²) in [5.41, 5.74) is 0. The summed E-state index contributed by atoms with van der Waals surface area (Å²) in [7, 11) is 0. The van der Waals surface area contributed by atoms with Gasteiger partial charge in [0.15, 0.2) is 6.29 Å². The Morgan fingerprint density at radius 2 is 1.56 bits per heavy atom. The van der Waals surface area contributed by atoms with E-state index < -0.39 is 18.7 Å². The van der Waals surface area contributed by atoms with E-state index in [0.29, 0.717) is 0 Å². The predicted molar refractivity (Wildman–Crippen MR) is 26.8 cm³/mol. The molecule has 0 spiro atoms. The summed E-state index contributed by atoms with van der Waals surface area (Å²) >= 11 is 0. The Morgan fingerprint density at radius 1 is 1.11 bits per heavy atom. The van der Waals surface area contributed by atoms with Crippen molar-refractivity contribution < 1.29 is 25.5 Å². The summed E-state index contributed by atoms with van der Waals surface area (Å²) in [6.07, 6.45) is -2.37. The molecule has 0 rings (SSSR count). The van der Waals surface area contributed by atoms with Crippen molar-refractivity contribution in [1.82, 2.24) is 0 Å². The third kappa shape index (κ3) is 7.80. The van der Waals surface area contributed by atoms with Crippen molar-refractivity contribution in [3.8, 4) is 0 Å². The van der Waals surface area contributed by atoms with Crippen LogP contribution >= 0.6 is 0 Å². The summed E-state index contributed by atoms with van der Waals surface area (Å²) < 4.78 is 0. The zero-order valence-corrected chi connectivity index (χ0v) is 4.73. The van der Waals surface area contributed by atoms with E-state index in [4.69, 9.17) is 25.5 Å². The molecular weight excluding hydrogens is 128 g/mol. The van der Waals surface area contributed by atoms with E-state index in [1.807, 2.05) is 0 Å². The van der Waals surface area contributed by atoms with Gasteiger partial charge in [-0.25, -0.2) is 0 Å². The maximum absolute atomic E-state index is 8.16. The molecule has 0 aliphatic heterocycles. The third-order valence-electron chi connectivity index (χ3n) is 0.738. The van der Waals surface area contributed by atoms with Gasteiger partial charge < -0.3 is 25.5 Å². The molecule has 0 aromatic rings. The Labute approximate surface area is 51.8 Å². The smallest absolute Gasteiger partial charge is 0.275 e. The maximum atomic E-state index is 8.16. The first-order chi connectivity index (χ1) is 3.92. The van der Waals surface area contributed by atoms with Crippen molar-refractivity contribution in [2.75, 3.05) is 0 Å². The minimum absolute atomic E-state index is 0.274. The highest BCUT2D eigenvalue weighted by Crippen LogP contribution is 2.04. The zero-order valence-electron chi connectivity index (χ0n) is 4.73. The molecule has 0 aromatic carbocycles. The fourth-order valence-corrected chi connectivity index (χ4v) is 0.323. The number of rotatable bonds is 3. The quantitative estimate of drug-likeness (QED) is 0.282. The molecule has 5 nitrogen and oxygen atoms in total. The lowest BCUT2D eigenvalue weighted by Gasteiger charge is -2.13. The topological polar surface area (TPSA) is 101 Å². The summed E-state index contributed by atoms with van der Waals surface area (Å²) in [6, 6.07) is 0. The highest BCUT2D eigenvalue weighted by atomic mass is 16.7. The minimum Gasteiger partial charge on any atom is -0.368 e. The van der Waals surface area contributed by atoms with Gasteiger partial charge in [0.2, 0.25) is 0 Å². The highest BCUT2D eigenvalue weighted by molar-refractivity contribution is 4.48. The monoisotopic (exact) mass is 138 g/mol. The van der Waals surface area contributed by atoms with Gasteiger partial charge in [-0.15, -0.1) is 0 Å². The predicted octanol–water partition coefficient (Wildman–Crippen LogP) is -2.29. The van der Waals surface area contributed by atoms with Crippen LogP contribution in [0.5, 0.6) is 0 Å². The Kier molecular flexibility index (Phi) is 3.02. The first-order valence-corrected chi connectivity index (χ1v) is 2.45. The van der Waals surface area contributed by atoms with Crippen molar-refractivity contribution in [2.45, 2.75) is 25.1 Å². The fraction of sp³-hybridized carbons (Fsp3) is 1.00. The molecule has 0 aliphatic rings. The molecule has 5 heteroatoms. The SMILES string of the molecule is OC(O)CCC(O)(O)O. The summed E-state index contributed by atoms with van der Waals surface area (Å²) in [5.74, 6) is -2.79. The van der Waals surface area contributed by atoms with E-state index in [9.17, 15) is 0 Å². The summed E-state index contributed by atoms with van der Waals surface area (Å²) in [5, 5.41) is 40.7. The Morgan fingerprint density at radius 3 is 1.67 bits per heavy atom. The molecule has 0 aromatic heterocycles. The molecular formula is C4H10O5. The van der Waals surface area contributed by atoms with Crippen LogP contribution < -0.4 is 0 Å². The Hall–Kier alpha value is -0.200. The molecule has 0 fully saturated rings. The van der Waals surface area contributed by atoms with Crippen LogP contribution in [0.4, 0.5) is 0 Å². The average molecular weight is 138 g/mol. The normalized spacial score (nSPS) is 12.7. The van der Waals surface area contributed by atoms with Gasteiger partial charge in [0, 0.05) is 12.8 Å². The maximum Gasteiger partial charge on any atom is 0.275 e. The molecule has 0 saturated heterocycles. The molecule has 0 unspecified atom stereocenters. The lowest BCUT2D eigenvalue weighted by atomic mass is 10.3. The second kappa shape index (κ2) is 3.09. The van der Waals surface area contributed by atoms with Crippen molar-refractivity contribution in [3.05, 3.63) is 0 Å². The van der Waals surface area contributed by atoms with Crippen LogP contribution in [0.3, 0.4) is 0 Å². The number of aliphatic hydroxyl groups is 5. The van der Waals surface area contributed by atoms with Crippen molar-refractivity contribution in [2.24, 2.45) is 0 Å². The van der Waals surface area contributed by atoms with Gasteiger partial charge in [-0.3, -0.25) is 0 Å². The largest absolute Gasteiger partial charge is 0.368 e. The van der Waals surface area contributed by atoms with Gasteiger partial charge in [-0.2, -0.15) is 0 Å². The molecule has 56 valence electrons. The second-order valence-electron chi connectivity index (χ2n) is 1.79. The van der Waals surface area contributed by atoms with Crippen molar-refractivity contribution in [3.63, 3.8) is 0 Å². The molecule has 0 bridgehead atoms. The van der Waals surface area contributed by atoms with Crippen LogP contribution in [0.2, 0.25) is 0 Å². The molecule has 0 amide bonds. The van der Waals surface area contributed by atoms with Crippen LogP contribution in [0.1, 0.15) is 12.8 Å². The molecule has 0 saturated carbocycles. The molecule has 0 atom stereocenters. The van der Waals surface area contributed by atoms with Gasteiger partial charge in [0.1, 0.15) is 0 Å². The summed E-state index contributed by atoms with van der Waals surface area (Å²) in [6.45, 7) is 0. The average Bonchev–Trinajstić information content (AvgIpc) is 1.59. The second-order valence-corrected chi connectivity index (χ2v) is 1.79. The zero-order chi connectivity index (χ0) is 7.49. The highest BCUT2D eigenvalue weighted by Gasteiger charge is 2.18. The minimum atomic E-state index is -2.79. The third-order valence-corrected chi connectivity index (χ3v) is 0.738. The van der Waals surface area contributed by atoms with Gasteiger partial charge in [0.25, 0.3) is 5.97 Å². The van der Waals surface area contributed by atoms with Gasteiger partial charge >= 0.3 is 0 Å². The fourth-order valence-electron chi connectivity index (χ4n) is 0.323. The first kappa shape index (κ1) is 8.80.